The van der Waals surface area contributed by atoms with E-state index >= 15 is 0 Å². The molecule has 0 aromatic heterocycles. The zero-order valence-electron chi connectivity index (χ0n) is 7.28. The maximum Gasteiger partial charge on any atom is 0.164 e. The topological polar surface area (TPSA) is 38.7 Å². The number of aromatic hydroxyl groups is 1. The molecule has 0 fully saturated rings. The van der Waals surface area contributed by atoms with E-state index in [1.165, 1.54) is 19.2 Å². The number of hydrogen-bond acceptors (Lipinski definition) is 3. The molecule has 0 saturated carbocycles. The van der Waals surface area contributed by atoms with Gasteiger partial charge in [0.15, 0.2) is 11.5 Å². The summed E-state index contributed by atoms with van der Waals surface area (Å²) in [5, 5.41) is 9.12. The van der Waals surface area contributed by atoms with Crippen LogP contribution in [0.3, 0.4) is 0 Å². The van der Waals surface area contributed by atoms with Crippen LogP contribution in [0.15, 0.2) is 18.2 Å². The fraction of sp³-hybridized carbons (Fsp3) is 0.200. The van der Waals surface area contributed by atoms with Gasteiger partial charge in [0.05, 0.1) is 7.11 Å². The van der Waals surface area contributed by atoms with Gasteiger partial charge in [-0.25, -0.2) is 0 Å². The highest BCUT2D eigenvalue weighted by Crippen LogP contribution is 2.30. The Morgan fingerprint density at radius 2 is 2.23 bits per heavy atom. The fourth-order valence-corrected chi connectivity index (χ4v) is 0.895. The molecule has 68 valence electrons. The molecule has 0 radical (unpaired) electrons. The molecule has 0 saturated heterocycles. The van der Waals surface area contributed by atoms with Crippen LogP contribution >= 0.6 is 0 Å². The van der Waals surface area contributed by atoms with Crippen molar-refractivity contribution >= 4 is 0 Å². The lowest BCUT2D eigenvalue weighted by atomic mass is 10.3. The van der Waals surface area contributed by atoms with E-state index in [-0.39, 0.29) is 12.4 Å². The highest BCUT2D eigenvalue weighted by Gasteiger charge is 2.03. The van der Waals surface area contributed by atoms with Gasteiger partial charge in [-0.05, 0) is 12.1 Å². The predicted octanol–water partition coefficient (Wildman–Crippen LogP) is 1.41. The lowest BCUT2D eigenvalue weighted by Gasteiger charge is -2.08. The lowest BCUT2D eigenvalue weighted by Crippen LogP contribution is -1.96. The van der Waals surface area contributed by atoms with Crippen LogP contribution in [0.1, 0.15) is 0 Å². The summed E-state index contributed by atoms with van der Waals surface area (Å²) in [6.07, 6.45) is 5.03. The molecule has 1 aromatic rings. The third-order valence-corrected chi connectivity index (χ3v) is 1.46. The van der Waals surface area contributed by atoms with E-state index in [0.717, 1.165) is 0 Å². The number of benzene rings is 1. The van der Waals surface area contributed by atoms with E-state index in [4.69, 9.17) is 21.0 Å². The molecule has 0 atom stereocenters. The molecule has 1 rings (SSSR count). The number of phenols is 1. The van der Waals surface area contributed by atoms with E-state index in [2.05, 4.69) is 5.92 Å². The zero-order chi connectivity index (χ0) is 9.68. The van der Waals surface area contributed by atoms with Gasteiger partial charge in [0, 0.05) is 6.07 Å². The fourth-order valence-electron chi connectivity index (χ4n) is 0.895. The number of ether oxygens (including phenoxy) is 2. The molecular formula is C10H10O3. The molecule has 13 heavy (non-hydrogen) atoms. The number of rotatable bonds is 3. The highest BCUT2D eigenvalue weighted by molar-refractivity contribution is 5.45. The Hall–Kier alpha value is -1.82. The zero-order valence-corrected chi connectivity index (χ0v) is 7.28. The van der Waals surface area contributed by atoms with Crippen LogP contribution in [-0.4, -0.2) is 18.8 Å². The number of hydrogen-bond donors (Lipinski definition) is 1. The maximum absolute atomic E-state index is 9.12. The summed E-state index contributed by atoms with van der Waals surface area (Å²) in [6, 6.07) is 4.58. The molecule has 0 bridgehead atoms. The van der Waals surface area contributed by atoms with Crippen molar-refractivity contribution in [1.82, 2.24) is 0 Å². The number of phenolic OH excluding ortho intramolecular Hbond substituents is 1. The van der Waals surface area contributed by atoms with Crippen molar-refractivity contribution in [2.45, 2.75) is 0 Å². The third-order valence-electron chi connectivity index (χ3n) is 1.46. The first-order chi connectivity index (χ1) is 6.27. The average Bonchev–Trinajstić information content (AvgIpc) is 2.16. The SMILES string of the molecule is C#CCOc1ccc(O)cc1OC. The molecule has 0 aliphatic rings. The minimum Gasteiger partial charge on any atom is -0.508 e. The summed E-state index contributed by atoms with van der Waals surface area (Å²) in [4.78, 5) is 0. The van der Waals surface area contributed by atoms with Crippen LogP contribution in [0.25, 0.3) is 0 Å². The molecular weight excluding hydrogens is 168 g/mol. The lowest BCUT2D eigenvalue weighted by molar-refractivity contribution is 0.328. The summed E-state index contributed by atoms with van der Waals surface area (Å²) in [5.74, 6) is 3.47. The first-order valence-electron chi connectivity index (χ1n) is 3.71. The summed E-state index contributed by atoms with van der Waals surface area (Å²) in [7, 11) is 1.50. The first kappa shape index (κ1) is 9.27. The summed E-state index contributed by atoms with van der Waals surface area (Å²) in [6.45, 7) is 0.182. The van der Waals surface area contributed by atoms with Crippen LogP contribution in [0.5, 0.6) is 17.2 Å². The van der Waals surface area contributed by atoms with Crippen molar-refractivity contribution in [1.29, 1.82) is 0 Å². The van der Waals surface area contributed by atoms with Gasteiger partial charge >= 0.3 is 0 Å². The Morgan fingerprint density at radius 3 is 2.85 bits per heavy atom. The third kappa shape index (κ3) is 2.31. The Morgan fingerprint density at radius 1 is 1.46 bits per heavy atom. The van der Waals surface area contributed by atoms with E-state index in [1.54, 1.807) is 6.07 Å². The second kappa shape index (κ2) is 4.27. The molecule has 0 spiro atoms. The van der Waals surface area contributed by atoms with Crippen LogP contribution < -0.4 is 9.47 Å². The summed E-state index contributed by atoms with van der Waals surface area (Å²) >= 11 is 0. The molecule has 0 amide bonds. The normalized spacial score (nSPS) is 8.92. The van der Waals surface area contributed by atoms with Crippen molar-refractivity contribution in [2.75, 3.05) is 13.7 Å². The van der Waals surface area contributed by atoms with Crippen molar-refractivity contribution < 1.29 is 14.6 Å². The van der Waals surface area contributed by atoms with Gasteiger partial charge in [-0.1, -0.05) is 5.92 Å². The van der Waals surface area contributed by atoms with Gasteiger partial charge < -0.3 is 14.6 Å². The standard InChI is InChI=1S/C10H10O3/c1-3-6-13-9-5-4-8(11)7-10(9)12-2/h1,4-5,7,11H,6H2,2H3. The second-order valence-electron chi connectivity index (χ2n) is 2.33. The summed E-state index contributed by atoms with van der Waals surface area (Å²) < 4.78 is 10.1. The molecule has 0 unspecified atom stereocenters. The average molecular weight is 178 g/mol. The van der Waals surface area contributed by atoms with Gasteiger partial charge in [-0.2, -0.15) is 0 Å². The van der Waals surface area contributed by atoms with E-state index in [1.807, 2.05) is 0 Å². The van der Waals surface area contributed by atoms with Gasteiger partial charge in [0.1, 0.15) is 12.4 Å². The second-order valence-corrected chi connectivity index (χ2v) is 2.33. The molecule has 0 aliphatic carbocycles. The molecule has 0 heterocycles. The Kier molecular flexibility index (Phi) is 3.04. The van der Waals surface area contributed by atoms with Gasteiger partial charge in [-0.15, -0.1) is 6.42 Å². The van der Waals surface area contributed by atoms with E-state index in [0.29, 0.717) is 11.5 Å². The van der Waals surface area contributed by atoms with Crippen LogP contribution in [0.4, 0.5) is 0 Å². The van der Waals surface area contributed by atoms with E-state index < -0.39 is 0 Å². The van der Waals surface area contributed by atoms with Crippen LogP contribution in [0, 0.1) is 12.3 Å². The molecule has 3 nitrogen and oxygen atoms in total. The van der Waals surface area contributed by atoms with Gasteiger partial charge in [0.2, 0.25) is 0 Å². The van der Waals surface area contributed by atoms with Crippen LogP contribution in [0.2, 0.25) is 0 Å². The van der Waals surface area contributed by atoms with Crippen molar-refractivity contribution in [3.05, 3.63) is 18.2 Å². The predicted molar refractivity (Wildman–Crippen MR) is 49.0 cm³/mol. The first-order valence-corrected chi connectivity index (χ1v) is 3.71. The Labute approximate surface area is 76.9 Å². The number of methoxy groups -OCH3 is 1. The van der Waals surface area contributed by atoms with Crippen LogP contribution in [-0.2, 0) is 0 Å². The molecule has 1 N–H and O–H groups in total. The van der Waals surface area contributed by atoms with Gasteiger partial charge in [0.25, 0.3) is 0 Å². The Bertz CT molecular complexity index is 325. The minimum atomic E-state index is 0.130. The molecule has 3 heteroatoms. The Balaban J connectivity index is 2.87. The van der Waals surface area contributed by atoms with Crippen molar-refractivity contribution in [3.8, 4) is 29.6 Å². The monoisotopic (exact) mass is 178 g/mol. The summed E-state index contributed by atoms with van der Waals surface area (Å²) in [5.41, 5.74) is 0. The molecule has 0 aliphatic heterocycles. The van der Waals surface area contributed by atoms with E-state index in [9.17, 15) is 0 Å². The molecule has 1 aromatic carbocycles. The maximum atomic E-state index is 9.12. The highest BCUT2D eigenvalue weighted by atomic mass is 16.5. The largest absolute Gasteiger partial charge is 0.508 e. The number of terminal acetylenes is 1. The smallest absolute Gasteiger partial charge is 0.164 e. The van der Waals surface area contributed by atoms with Crippen molar-refractivity contribution in [3.63, 3.8) is 0 Å². The van der Waals surface area contributed by atoms with Gasteiger partial charge in [-0.3, -0.25) is 0 Å². The van der Waals surface area contributed by atoms with Crippen molar-refractivity contribution in [2.24, 2.45) is 0 Å². The minimum absolute atomic E-state index is 0.130. The quantitative estimate of drug-likeness (QED) is 0.711.